The van der Waals surface area contributed by atoms with Gasteiger partial charge in [0.25, 0.3) is 0 Å². The van der Waals surface area contributed by atoms with Gasteiger partial charge in [0.05, 0.1) is 10.0 Å². The highest BCUT2D eigenvalue weighted by molar-refractivity contribution is 7.18. The molecule has 1 fully saturated rings. The van der Waals surface area contributed by atoms with Crippen LogP contribution in [0.1, 0.15) is 18.4 Å². The van der Waals surface area contributed by atoms with Crippen LogP contribution < -0.4 is 10.6 Å². The van der Waals surface area contributed by atoms with Crippen LogP contribution in [0, 0.1) is 6.92 Å². The molecule has 0 saturated carbocycles. The van der Waals surface area contributed by atoms with E-state index in [-0.39, 0.29) is 11.9 Å². The second kappa shape index (κ2) is 9.21. The second-order valence-corrected chi connectivity index (χ2v) is 8.97. The zero-order valence-electron chi connectivity index (χ0n) is 16.6. The Bertz CT molecular complexity index is 1140. The second-order valence-electron chi connectivity index (χ2n) is 7.18. The third-order valence-corrected chi connectivity index (χ3v) is 6.53. The van der Waals surface area contributed by atoms with Crippen LogP contribution in [0.2, 0.25) is 10.0 Å². The summed E-state index contributed by atoms with van der Waals surface area (Å²) in [5.74, 6) is -0.284. The minimum atomic E-state index is -0.589. The van der Waals surface area contributed by atoms with E-state index in [1.807, 2.05) is 31.2 Å². The van der Waals surface area contributed by atoms with E-state index in [2.05, 4.69) is 20.8 Å². The molecule has 0 bridgehead atoms. The van der Waals surface area contributed by atoms with Crippen LogP contribution in [0.5, 0.6) is 0 Å². The van der Waals surface area contributed by atoms with Crippen molar-refractivity contribution in [1.29, 1.82) is 0 Å². The summed E-state index contributed by atoms with van der Waals surface area (Å²) in [5.41, 5.74) is 2.58. The molecule has 2 heterocycles. The van der Waals surface area contributed by atoms with Crippen LogP contribution in [0.15, 0.2) is 42.5 Å². The fourth-order valence-corrected chi connectivity index (χ4v) is 4.45. The number of rotatable bonds is 4. The summed E-state index contributed by atoms with van der Waals surface area (Å²) >= 11 is 13.2. The van der Waals surface area contributed by atoms with Gasteiger partial charge in [0, 0.05) is 17.8 Å². The molecule has 3 aromatic rings. The number of aryl methyl sites for hydroxylation is 1. The number of carbonyl (C=O) groups is 2. The van der Waals surface area contributed by atoms with Crippen molar-refractivity contribution >= 4 is 57.3 Å². The molecule has 2 aromatic carbocycles. The average molecular weight is 476 g/mol. The number of carbonyl (C=O) groups excluding carboxylic acids is 2. The summed E-state index contributed by atoms with van der Waals surface area (Å²) in [6.45, 7) is 2.49. The van der Waals surface area contributed by atoms with Crippen molar-refractivity contribution in [1.82, 2.24) is 15.1 Å². The lowest BCUT2D eigenvalue weighted by atomic mass is 10.1. The molecule has 1 aromatic heterocycles. The van der Waals surface area contributed by atoms with Crippen molar-refractivity contribution in [3.05, 3.63) is 58.1 Å². The topological polar surface area (TPSA) is 87.2 Å². The molecule has 7 nitrogen and oxygen atoms in total. The number of nitrogens with one attached hydrogen (secondary N) is 2. The lowest BCUT2D eigenvalue weighted by Crippen LogP contribution is -2.45. The first-order valence-corrected chi connectivity index (χ1v) is 11.2. The maximum atomic E-state index is 12.8. The number of aromatic nitrogens is 2. The highest BCUT2D eigenvalue weighted by atomic mass is 35.5. The zero-order chi connectivity index (χ0) is 22.0. The van der Waals surface area contributed by atoms with Gasteiger partial charge in [0.2, 0.25) is 11.0 Å². The van der Waals surface area contributed by atoms with Gasteiger partial charge in [-0.15, -0.1) is 10.2 Å². The van der Waals surface area contributed by atoms with E-state index in [0.29, 0.717) is 33.8 Å². The van der Waals surface area contributed by atoms with Gasteiger partial charge in [-0.3, -0.25) is 10.1 Å². The number of benzene rings is 2. The molecule has 1 saturated heterocycles. The third-order valence-electron chi connectivity index (χ3n) is 4.91. The van der Waals surface area contributed by atoms with Gasteiger partial charge in [-0.25, -0.2) is 4.79 Å². The predicted molar refractivity (Wildman–Crippen MR) is 124 cm³/mol. The van der Waals surface area contributed by atoms with Gasteiger partial charge in [-0.1, -0.05) is 58.3 Å². The predicted octanol–water partition coefficient (Wildman–Crippen LogP) is 5.46. The number of hydrogen-bond donors (Lipinski definition) is 2. The summed E-state index contributed by atoms with van der Waals surface area (Å²) in [5, 5.41) is 15.7. The Morgan fingerprint density at radius 1 is 1.10 bits per heavy atom. The quantitative estimate of drug-likeness (QED) is 0.524. The van der Waals surface area contributed by atoms with Crippen LogP contribution in [0.4, 0.5) is 15.6 Å². The van der Waals surface area contributed by atoms with Crippen molar-refractivity contribution in [3.8, 4) is 10.6 Å². The smallest absolute Gasteiger partial charge is 0.312 e. The first kappa shape index (κ1) is 21.5. The molecule has 1 unspecified atom stereocenters. The fraction of sp³-hybridized carbons (Fsp3) is 0.238. The van der Waals surface area contributed by atoms with Crippen LogP contribution in [0.3, 0.4) is 0 Å². The molecule has 2 N–H and O–H groups in total. The molecule has 4 rings (SSSR count). The summed E-state index contributed by atoms with van der Waals surface area (Å²) in [4.78, 5) is 27.1. The minimum Gasteiger partial charge on any atom is -0.312 e. The SMILES string of the molecule is Cc1cccc(-c2nnc(NC(=O)C3CCCN3C(=O)Nc3ccc(Cl)c(Cl)c3)s2)c1. The van der Waals surface area contributed by atoms with Crippen molar-refractivity contribution in [2.75, 3.05) is 17.2 Å². The Hall–Kier alpha value is -2.68. The summed E-state index contributed by atoms with van der Waals surface area (Å²) < 4.78 is 0. The highest BCUT2D eigenvalue weighted by Gasteiger charge is 2.34. The molecule has 0 radical (unpaired) electrons. The Morgan fingerprint density at radius 2 is 1.94 bits per heavy atom. The lowest BCUT2D eigenvalue weighted by Gasteiger charge is -2.23. The molecular formula is C21H19Cl2N5O2S. The molecule has 0 aliphatic carbocycles. The first-order valence-electron chi connectivity index (χ1n) is 9.65. The number of halogens is 2. The van der Waals surface area contributed by atoms with Gasteiger partial charge in [0.1, 0.15) is 11.0 Å². The molecular weight excluding hydrogens is 457 g/mol. The lowest BCUT2D eigenvalue weighted by molar-refractivity contribution is -0.119. The Morgan fingerprint density at radius 3 is 2.71 bits per heavy atom. The number of amides is 3. The normalized spacial score (nSPS) is 15.7. The maximum absolute atomic E-state index is 12.8. The zero-order valence-corrected chi connectivity index (χ0v) is 18.9. The molecule has 1 aliphatic rings. The number of likely N-dealkylation sites (tertiary alicyclic amines) is 1. The molecule has 0 spiro atoms. The molecule has 160 valence electrons. The van der Waals surface area contributed by atoms with Gasteiger partial charge < -0.3 is 10.2 Å². The summed E-state index contributed by atoms with van der Waals surface area (Å²) in [6.07, 6.45) is 1.31. The van der Waals surface area contributed by atoms with Gasteiger partial charge in [-0.2, -0.15) is 0 Å². The number of nitrogens with zero attached hydrogens (tertiary/aromatic N) is 3. The summed E-state index contributed by atoms with van der Waals surface area (Å²) in [7, 11) is 0. The standard InChI is InChI=1S/C21H19Cl2N5O2S/c1-12-4-2-5-13(10-12)19-26-27-20(31-19)25-18(29)17-6-3-9-28(17)21(30)24-14-7-8-15(22)16(23)11-14/h2,4-5,7-8,10-11,17H,3,6,9H2,1H3,(H,24,30)(H,25,27,29). The van der Waals surface area contributed by atoms with E-state index < -0.39 is 6.04 Å². The van der Waals surface area contributed by atoms with E-state index in [0.717, 1.165) is 22.6 Å². The molecule has 3 amide bonds. The first-order chi connectivity index (χ1) is 14.9. The van der Waals surface area contributed by atoms with Gasteiger partial charge in [-0.05, 0) is 44.0 Å². The van der Waals surface area contributed by atoms with E-state index in [1.165, 1.54) is 16.2 Å². The number of hydrogen-bond acceptors (Lipinski definition) is 5. The minimum absolute atomic E-state index is 0.284. The van der Waals surface area contributed by atoms with Crippen molar-refractivity contribution in [2.45, 2.75) is 25.8 Å². The molecule has 31 heavy (non-hydrogen) atoms. The largest absolute Gasteiger partial charge is 0.322 e. The van der Waals surface area contributed by atoms with Crippen LogP contribution in [0.25, 0.3) is 10.6 Å². The van der Waals surface area contributed by atoms with E-state index in [4.69, 9.17) is 23.2 Å². The number of anilines is 2. The maximum Gasteiger partial charge on any atom is 0.322 e. The average Bonchev–Trinajstić information content (AvgIpc) is 3.40. The number of urea groups is 1. The van der Waals surface area contributed by atoms with Crippen molar-refractivity contribution < 1.29 is 9.59 Å². The monoisotopic (exact) mass is 475 g/mol. The molecule has 10 heteroatoms. The van der Waals surface area contributed by atoms with Crippen LogP contribution in [-0.2, 0) is 4.79 Å². The van der Waals surface area contributed by atoms with E-state index in [1.54, 1.807) is 18.2 Å². The van der Waals surface area contributed by atoms with Crippen LogP contribution >= 0.6 is 34.5 Å². The van der Waals surface area contributed by atoms with Crippen molar-refractivity contribution in [2.24, 2.45) is 0 Å². The van der Waals surface area contributed by atoms with Gasteiger partial charge >= 0.3 is 6.03 Å². The summed E-state index contributed by atoms with van der Waals surface area (Å²) in [6, 6.07) is 11.8. The highest BCUT2D eigenvalue weighted by Crippen LogP contribution is 2.29. The molecule has 1 aliphatic heterocycles. The van der Waals surface area contributed by atoms with Gasteiger partial charge in [0.15, 0.2) is 0 Å². The fourth-order valence-electron chi connectivity index (χ4n) is 3.41. The van der Waals surface area contributed by atoms with E-state index in [9.17, 15) is 9.59 Å². The Labute approximate surface area is 193 Å². The van der Waals surface area contributed by atoms with Crippen molar-refractivity contribution in [3.63, 3.8) is 0 Å². The van der Waals surface area contributed by atoms with E-state index >= 15 is 0 Å². The molecule has 1 atom stereocenters. The Balaban J connectivity index is 1.42. The third kappa shape index (κ3) is 4.98. The Kier molecular flexibility index (Phi) is 6.41. The van der Waals surface area contributed by atoms with Crippen LogP contribution in [-0.4, -0.2) is 39.6 Å².